The number of hydrogen-bond donors (Lipinski definition) is 1. The van der Waals surface area contributed by atoms with Crippen molar-refractivity contribution in [2.24, 2.45) is 0 Å². The van der Waals surface area contributed by atoms with Crippen molar-refractivity contribution in [1.82, 2.24) is 19.9 Å². The van der Waals surface area contributed by atoms with Gasteiger partial charge in [0.15, 0.2) is 0 Å². The molecular formula is C19H22N4O2. The minimum atomic E-state index is 0.221. The summed E-state index contributed by atoms with van der Waals surface area (Å²) in [5.74, 6) is 1.66. The largest absolute Gasteiger partial charge is 0.481 e. The first kappa shape index (κ1) is 16.1. The second-order valence-electron chi connectivity index (χ2n) is 6.36. The van der Waals surface area contributed by atoms with Crippen LogP contribution in [0.3, 0.4) is 0 Å². The van der Waals surface area contributed by atoms with Crippen LogP contribution < -0.4 is 10.1 Å². The van der Waals surface area contributed by atoms with E-state index in [1.54, 1.807) is 13.3 Å². The molecule has 0 amide bonds. The van der Waals surface area contributed by atoms with Gasteiger partial charge in [-0.1, -0.05) is 12.1 Å². The topological polar surface area (TPSA) is 61.2 Å². The van der Waals surface area contributed by atoms with E-state index >= 15 is 0 Å². The van der Waals surface area contributed by atoms with E-state index in [1.807, 2.05) is 12.1 Å². The maximum atomic E-state index is 5.76. The summed E-state index contributed by atoms with van der Waals surface area (Å²) < 4.78 is 13.4. The number of nitrogens with zero attached hydrogens (tertiary/aromatic N) is 3. The Balaban J connectivity index is 1.53. The third-order valence-electron chi connectivity index (χ3n) is 4.56. The molecule has 1 atom stereocenters. The van der Waals surface area contributed by atoms with Crippen LogP contribution in [0.5, 0.6) is 5.88 Å². The first-order chi connectivity index (χ1) is 12.3. The first-order valence-corrected chi connectivity index (χ1v) is 8.50. The van der Waals surface area contributed by atoms with Crippen LogP contribution in [0.1, 0.15) is 23.0 Å². The van der Waals surface area contributed by atoms with Crippen LogP contribution in [0.15, 0.2) is 36.5 Å². The second-order valence-corrected chi connectivity index (χ2v) is 6.36. The Morgan fingerprint density at radius 1 is 1.36 bits per heavy atom. The van der Waals surface area contributed by atoms with Crippen LogP contribution in [0.25, 0.3) is 11.0 Å². The SMILES string of the molecule is COc1ncccc1CNCC1COCc2nc3ccc(C)cc3n21. The van der Waals surface area contributed by atoms with Gasteiger partial charge in [0.25, 0.3) is 0 Å². The minimum Gasteiger partial charge on any atom is -0.481 e. The lowest BCUT2D eigenvalue weighted by Crippen LogP contribution is -2.32. The van der Waals surface area contributed by atoms with Gasteiger partial charge in [0.2, 0.25) is 5.88 Å². The molecule has 1 N–H and O–H groups in total. The number of nitrogens with one attached hydrogen (secondary N) is 1. The van der Waals surface area contributed by atoms with Crippen molar-refractivity contribution in [2.45, 2.75) is 26.1 Å². The zero-order valence-corrected chi connectivity index (χ0v) is 14.5. The van der Waals surface area contributed by atoms with Crippen molar-refractivity contribution in [1.29, 1.82) is 0 Å². The Labute approximate surface area is 146 Å². The number of imidazole rings is 1. The van der Waals surface area contributed by atoms with E-state index in [0.717, 1.165) is 23.4 Å². The van der Waals surface area contributed by atoms with Crippen LogP contribution in [-0.2, 0) is 17.9 Å². The summed E-state index contributed by atoms with van der Waals surface area (Å²) in [6.45, 7) is 4.86. The van der Waals surface area contributed by atoms with Gasteiger partial charge in [-0.25, -0.2) is 9.97 Å². The fourth-order valence-electron chi connectivity index (χ4n) is 3.39. The molecule has 2 aromatic heterocycles. The van der Waals surface area contributed by atoms with Crippen molar-refractivity contribution in [2.75, 3.05) is 20.3 Å². The van der Waals surface area contributed by atoms with Crippen molar-refractivity contribution >= 4 is 11.0 Å². The summed E-state index contributed by atoms with van der Waals surface area (Å²) in [5.41, 5.74) is 4.51. The lowest BCUT2D eigenvalue weighted by Gasteiger charge is -2.26. The highest BCUT2D eigenvalue weighted by atomic mass is 16.5. The zero-order chi connectivity index (χ0) is 17.2. The van der Waals surface area contributed by atoms with E-state index in [0.29, 0.717) is 25.6 Å². The summed E-state index contributed by atoms with van der Waals surface area (Å²) in [6.07, 6.45) is 1.74. The predicted molar refractivity (Wildman–Crippen MR) is 95.7 cm³/mol. The molecule has 1 aliphatic heterocycles. The van der Waals surface area contributed by atoms with Crippen molar-refractivity contribution in [3.8, 4) is 5.88 Å². The van der Waals surface area contributed by atoms with E-state index in [-0.39, 0.29) is 6.04 Å². The maximum Gasteiger partial charge on any atom is 0.217 e. The number of hydrogen-bond acceptors (Lipinski definition) is 5. The normalized spacial score (nSPS) is 16.8. The molecule has 25 heavy (non-hydrogen) atoms. The van der Waals surface area contributed by atoms with Gasteiger partial charge >= 0.3 is 0 Å². The molecule has 6 nitrogen and oxygen atoms in total. The number of rotatable bonds is 5. The van der Waals surface area contributed by atoms with E-state index in [1.165, 1.54) is 11.1 Å². The van der Waals surface area contributed by atoms with E-state index in [2.05, 4.69) is 40.0 Å². The van der Waals surface area contributed by atoms with Crippen LogP contribution in [-0.4, -0.2) is 34.8 Å². The van der Waals surface area contributed by atoms with E-state index < -0.39 is 0 Å². The van der Waals surface area contributed by atoms with Crippen molar-refractivity contribution < 1.29 is 9.47 Å². The van der Waals surface area contributed by atoms with Crippen LogP contribution in [0, 0.1) is 6.92 Å². The van der Waals surface area contributed by atoms with Gasteiger partial charge in [-0.05, 0) is 30.7 Å². The zero-order valence-electron chi connectivity index (χ0n) is 14.5. The summed E-state index contributed by atoms with van der Waals surface area (Å²) >= 11 is 0. The molecule has 0 spiro atoms. The Bertz CT molecular complexity index is 890. The Kier molecular flexibility index (Phi) is 4.38. The molecule has 4 rings (SSSR count). The molecular weight excluding hydrogens is 316 g/mol. The van der Waals surface area contributed by atoms with Crippen molar-refractivity contribution in [3.05, 3.63) is 53.5 Å². The fraction of sp³-hybridized carbons (Fsp3) is 0.368. The molecule has 0 aliphatic carbocycles. The number of ether oxygens (including phenoxy) is 2. The lowest BCUT2D eigenvalue weighted by molar-refractivity contribution is 0.0564. The molecule has 0 saturated carbocycles. The standard InChI is InChI=1S/C19H22N4O2/c1-13-5-6-16-17(8-13)23-15(11-25-12-18(23)22-16)10-20-9-14-4-3-7-21-19(14)24-2/h3-8,15,20H,9-12H2,1-2H3. The van der Waals surface area contributed by atoms with Gasteiger partial charge in [0.05, 0.1) is 30.8 Å². The van der Waals surface area contributed by atoms with Gasteiger partial charge in [0.1, 0.15) is 12.4 Å². The van der Waals surface area contributed by atoms with E-state index in [9.17, 15) is 0 Å². The van der Waals surface area contributed by atoms with Gasteiger partial charge in [-0.15, -0.1) is 0 Å². The Morgan fingerprint density at radius 3 is 3.16 bits per heavy atom. The smallest absolute Gasteiger partial charge is 0.217 e. The highest BCUT2D eigenvalue weighted by Crippen LogP contribution is 2.26. The highest BCUT2D eigenvalue weighted by Gasteiger charge is 2.23. The molecule has 1 unspecified atom stereocenters. The lowest BCUT2D eigenvalue weighted by atomic mass is 10.2. The molecule has 130 valence electrons. The second kappa shape index (κ2) is 6.82. The van der Waals surface area contributed by atoms with Gasteiger partial charge in [-0.2, -0.15) is 0 Å². The first-order valence-electron chi connectivity index (χ1n) is 8.50. The minimum absolute atomic E-state index is 0.221. The summed E-state index contributed by atoms with van der Waals surface area (Å²) in [6, 6.07) is 10.6. The number of aromatic nitrogens is 3. The van der Waals surface area contributed by atoms with Crippen LogP contribution >= 0.6 is 0 Å². The predicted octanol–water partition coefficient (Wildman–Crippen LogP) is 2.61. The average Bonchev–Trinajstić information content (AvgIpc) is 3.00. The van der Waals surface area contributed by atoms with Gasteiger partial charge < -0.3 is 19.4 Å². The van der Waals surface area contributed by atoms with Crippen LogP contribution in [0.4, 0.5) is 0 Å². The molecule has 3 aromatic rings. The maximum absolute atomic E-state index is 5.76. The number of fused-ring (bicyclic) bond motifs is 3. The quantitative estimate of drug-likeness (QED) is 0.775. The third-order valence-corrected chi connectivity index (χ3v) is 4.56. The van der Waals surface area contributed by atoms with E-state index in [4.69, 9.17) is 14.5 Å². The highest BCUT2D eigenvalue weighted by molar-refractivity contribution is 5.77. The number of benzene rings is 1. The number of pyridine rings is 1. The average molecular weight is 338 g/mol. The molecule has 0 bridgehead atoms. The monoisotopic (exact) mass is 338 g/mol. The van der Waals surface area contributed by atoms with Gasteiger partial charge in [-0.3, -0.25) is 0 Å². The van der Waals surface area contributed by atoms with Crippen molar-refractivity contribution in [3.63, 3.8) is 0 Å². The Hall–Kier alpha value is -2.44. The summed E-state index contributed by atoms with van der Waals surface area (Å²) in [7, 11) is 1.65. The summed E-state index contributed by atoms with van der Waals surface area (Å²) in [4.78, 5) is 8.96. The number of aryl methyl sites for hydroxylation is 1. The fourth-order valence-corrected chi connectivity index (χ4v) is 3.39. The molecule has 0 saturated heterocycles. The Morgan fingerprint density at radius 2 is 2.28 bits per heavy atom. The molecule has 1 aliphatic rings. The van der Waals surface area contributed by atoms with Gasteiger partial charge in [0, 0.05) is 24.8 Å². The molecule has 3 heterocycles. The third kappa shape index (κ3) is 3.10. The summed E-state index contributed by atoms with van der Waals surface area (Å²) in [5, 5.41) is 3.51. The molecule has 0 fully saturated rings. The van der Waals surface area contributed by atoms with Crippen LogP contribution in [0.2, 0.25) is 0 Å². The number of methoxy groups -OCH3 is 1. The molecule has 1 aromatic carbocycles. The molecule has 6 heteroatoms. The molecule has 0 radical (unpaired) electrons.